The Morgan fingerprint density at radius 3 is 2.88 bits per heavy atom. The standard InChI is InChI=1S/C13H10N2OS/c14-7-10-8-3-1-4-9(8)12(15-13(10)16)11-5-2-6-17-11/h2,5-6H,1,3-4H2,(H,15,16). The van der Waals surface area contributed by atoms with Gasteiger partial charge in [0.15, 0.2) is 0 Å². The number of nitrogens with zero attached hydrogens (tertiary/aromatic N) is 1. The lowest BCUT2D eigenvalue weighted by Gasteiger charge is -2.07. The van der Waals surface area contributed by atoms with E-state index in [0.29, 0.717) is 5.56 Å². The molecule has 0 saturated heterocycles. The van der Waals surface area contributed by atoms with Gasteiger partial charge in [-0.05, 0) is 41.8 Å². The number of pyridine rings is 1. The summed E-state index contributed by atoms with van der Waals surface area (Å²) in [5.41, 5.74) is 3.08. The zero-order valence-corrected chi connectivity index (χ0v) is 9.93. The number of nitrogens with one attached hydrogen (secondary N) is 1. The predicted octanol–water partition coefficient (Wildman–Crippen LogP) is 2.46. The molecular weight excluding hydrogens is 232 g/mol. The van der Waals surface area contributed by atoms with Gasteiger partial charge in [-0.15, -0.1) is 11.3 Å². The van der Waals surface area contributed by atoms with Gasteiger partial charge in [0.2, 0.25) is 0 Å². The lowest BCUT2D eigenvalue weighted by Crippen LogP contribution is -2.15. The van der Waals surface area contributed by atoms with Gasteiger partial charge in [-0.1, -0.05) is 6.07 Å². The van der Waals surface area contributed by atoms with Gasteiger partial charge < -0.3 is 4.98 Å². The molecule has 2 aromatic heterocycles. The summed E-state index contributed by atoms with van der Waals surface area (Å²) in [4.78, 5) is 15.8. The lowest BCUT2D eigenvalue weighted by molar-refractivity contribution is 0.911. The summed E-state index contributed by atoms with van der Waals surface area (Å²) in [6.45, 7) is 0. The van der Waals surface area contributed by atoms with Gasteiger partial charge in [-0.25, -0.2) is 0 Å². The van der Waals surface area contributed by atoms with Crippen molar-refractivity contribution < 1.29 is 0 Å². The first-order valence-electron chi connectivity index (χ1n) is 5.53. The largest absolute Gasteiger partial charge is 0.320 e. The molecule has 0 fully saturated rings. The van der Waals surface area contributed by atoms with Crippen LogP contribution in [-0.4, -0.2) is 4.98 Å². The molecule has 1 aliphatic rings. The summed E-state index contributed by atoms with van der Waals surface area (Å²) in [5.74, 6) is 0. The molecule has 1 N–H and O–H groups in total. The summed E-state index contributed by atoms with van der Waals surface area (Å²) >= 11 is 1.61. The molecule has 3 nitrogen and oxygen atoms in total. The third-order valence-electron chi connectivity index (χ3n) is 3.17. The first kappa shape index (κ1) is 10.3. The molecule has 1 aliphatic carbocycles. The van der Waals surface area contributed by atoms with E-state index in [1.54, 1.807) is 11.3 Å². The van der Waals surface area contributed by atoms with Crippen molar-refractivity contribution >= 4 is 11.3 Å². The maximum atomic E-state index is 11.9. The number of thiophene rings is 1. The molecule has 0 spiro atoms. The molecule has 0 aliphatic heterocycles. The molecule has 84 valence electrons. The van der Waals surface area contributed by atoms with Crippen molar-refractivity contribution in [3.63, 3.8) is 0 Å². The molecule has 2 heterocycles. The summed E-state index contributed by atoms with van der Waals surface area (Å²) in [5, 5.41) is 11.0. The predicted molar refractivity (Wildman–Crippen MR) is 67.1 cm³/mol. The molecule has 0 aromatic carbocycles. The van der Waals surface area contributed by atoms with E-state index < -0.39 is 0 Å². The minimum absolute atomic E-state index is 0.253. The molecule has 4 heteroatoms. The monoisotopic (exact) mass is 242 g/mol. The molecule has 0 saturated carbocycles. The highest BCUT2D eigenvalue weighted by Gasteiger charge is 2.22. The highest BCUT2D eigenvalue weighted by Crippen LogP contribution is 2.33. The van der Waals surface area contributed by atoms with Gasteiger partial charge in [0.05, 0.1) is 10.6 Å². The Balaban J connectivity index is 2.33. The molecular formula is C13H10N2OS. The topological polar surface area (TPSA) is 56.6 Å². The van der Waals surface area contributed by atoms with E-state index in [4.69, 9.17) is 5.26 Å². The van der Waals surface area contributed by atoms with Crippen LogP contribution in [0.4, 0.5) is 0 Å². The first-order chi connectivity index (χ1) is 8.31. The normalized spacial score (nSPS) is 13.4. The van der Waals surface area contributed by atoms with Gasteiger partial charge in [-0.2, -0.15) is 5.26 Å². The molecule has 0 unspecified atom stereocenters. The van der Waals surface area contributed by atoms with E-state index in [2.05, 4.69) is 4.98 Å². The van der Waals surface area contributed by atoms with E-state index in [0.717, 1.165) is 41.0 Å². The third-order valence-corrected chi connectivity index (χ3v) is 4.05. The smallest absolute Gasteiger partial charge is 0.266 e. The second-order valence-corrected chi connectivity index (χ2v) is 5.05. The number of aromatic amines is 1. The molecule has 0 amide bonds. The number of hydrogen-bond donors (Lipinski definition) is 1. The van der Waals surface area contributed by atoms with Crippen LogP contribution >= 0.6 is 11.3 Å². The van der Waals surface area contributed by atoms with Gasteiger partial charge in [-0.3, -0.25) is 4.79 Å². The zero-order valence-electron chi connectivity index (χ0n) is 9.12. The second-order valence-electron chi connectivity index (χ2n) is 4.10. The Morgan fingerprint density at radius 1 is 1.35 bits per heavy atom. The summed E-state index contributed by atoms with van der Waals surface area (Å²) in [6.07, 6.45) is 2.83. The third kappa shape index (κ3) is 1.51. The van der Waals surface area contributed by atoms with Crippen LogP contribution < -0.4 is 5.56 Å². The van der Waals surface area contributed by atoms with Gasteiger partial charge in [0, 0.05) is 0 Å². The minimum atomic E-state index is -0.253. The Morgan fingerprint density at radius 2 is 2.18 bits per heavy atom. The highest BCUT2D eigenvalue weighted by molar-refractivity contribution is 7.13. The SMILES string of the molecule is N#Cc1c2c(c(-c3cccs3)[nH]c1=O)CCC2. The first-order valence-corrected chi connectivity index (χ1v) is 6.41. The van der Waals surface area contributed by atoms with Crippen molar-refractivity contribution in [3.8, 4) is 16.6 Å². The van der Waals surface area contributed by atoms with E-state index in [1.807, 2.05) is 23.6 Å². The average molecular weight is 242 g/mol. The van der Waals surface area contributed by atoms with Crippen LogP contribution in [0.2, 0.25) is 0 Å². The van der Waals surface area contributed by atoms with Gasteiger partial charge >= 0.3 is 0 Å². The van der Waals surface area contributed by atoms with Crippen LogP contribution in [0, 0.1) is 11.3 Å². The van der Waals surface area contributed by atoms with Crippen LogP contribution in [0.15, 0.2) is 22.3 Å². The molecule has 3 rings (SSSR count). The summed E-state index contributed by atoms with van der Waals surface area (Å²) in [7, 11) is 0. The zero-order chi connectivity index (χ0) is 11.8. The molecule has 2 aromatic rings. The van der Waals surface area contributed by atoms with Crippen LogP contribution in [-0.2, 0) is 12.8 Å². The maximum absolute atomic E-state index is 11.9. The quantitative estimate of drug-likeness (QED) is 0.835. The second kappa shape index (κ2) is 3.86. The lowest BCUT2D eigenvalue weighted by atomic mass is 10.0. The van der Waals surface area contributed by atoms with Crippen molar-refractivity contribution in [2.24, 2.45) is 0 Å². The fraction of sp³-hybridized carbons (Fsp3) is 0.231. The van der Waals surface area contributed by atoms with Crippen LogP contribution in [0.25, 0.3) is 10.6 Å². The number of H-pyrrole nitrogens is 1. The van der Waals surface area contributed by atoms with E-state index >= 15 is 0 Å². The number of aromatic nitrogens is 1. The van der Waals surface area contributed by atoms with Crippen molar-refractivity contribution in [3.05, 3.63) is 44.6 Å². The summed E-state index contributed by atoms with van der Waals surface area (Å²) in [6, 6.07) is 6.00. The van der Waals surface area contributed by atoms with E-state index in [-0.39, 0.29) is 5.56 Å². The Hall–Kier alpha value is -1.86. The van der Waals surface area contributed by atoms with Crippen molar-refractivity contribution in [2.75, 3.05) is 0 Å². The Kier molecular flexibility index (Phi) is 2.34. The van der Waals surface area contributed by atoms with Crippen LogP contribution in [0.3, 0.4) is 0 Å². The molecule has 17 heavy (non-hydrogen) atoms. The van der Waals surface area contributed by atoms with Gasteiger partial charge in [0.25, 0.3) is 5.56 Å². The fourth-order valence-corrected chi connectivity index (χ4v) is 3.19. The highest BCUT2D eigenvalue weighted by atomic mass is 32.1. The average Bonchev–Trinajstić information content (AvgIpc) is 2.99. The molecule has 0 bridgehead atoms. The van der Waals surface area contributed by atoms with E-state index in [1.165, 1.54) is 0 Å². The number of rotatable bonds is 1. The molecule has 0 atom stereocenters. The van der Waals surface area contributed by atoms with Crippen molar-refractivity contribution in [2.45, 2.75) is 19.3 Å². The van der Waals surface area contributed by atoms with Gasteiger partial charge in [0.1, 0.15) is 11.6 Å². The number of nitriles is 1. The minimum Gasteiger partial charge on any atom is -0.320 e. The van der Waals surface area contributed by atoms with Crippen molar-refractivity contribution in [1.29, 1.82) is 5.26 Å². The Bertz CT molecular complexity index is 662. The fourth-order valence-electron chi connectivity index (χ4n) is 2.43. The van der Waals surface area contributed by atoms with Crippen LogP contribution in [0.5, 0.6) is 0 Å². The van der Waals surface area contributed by atoms with Crippen molar-refractivity contribution in [1.82, 2.24) is 4.98 Å². The Labute approximate surface area is 102 Å². The maximum Gasteiger partial charge on any atom is 0.266 e. The number of fused-ring (bicyclic) bond motifs is 1. The van der Waals surface area contributed by atoms with E-state index in [9.17, 15) is 4.79 Å². The number of hydrogen-bond acceptors (Lipinski definition) is 3. The van der Waals surface area contributed by atoms with Crippen LogP contribution in [0.1, 0.15) is 23.1 Å². The summed E-state index contributed by atoms with van der Waals surface area (Å²) < 4.78 is 0. The molecule has 0 radical (unpaired) electrons.